The third-order valence-corrected chi connectivity index (χ3v) is 6.26. The van der Waals surface area contributed by atoms with Crippen LogP contribution in [0.4, 0.5) is 0 Å². The number of esters is 4. The molecule has 3 atom stereocenters. The Labute approximate surface area is 241 Å². The van der Waals surface area contributed by atoms with Gasteiger partial charge in [0.2, 0.25) is 0 Å². The summed E-state index contributed by atoms with van der Waals surface area (Å²) in [5.74, 6) is -1.51. The van der Waals surface area contributed by atoms with Gasteiger partial charge in [0.15, 0.2) is 0 Å². The van der Waals surface area contributed by atoms with Crippen LogP contribution in [0.1, 0.15) is 37.0 Å². The predicted octanol–water partition coefficient (Wildman–Crippen LogP) is 4.57. The number of carbonyl (C=O) groups is 4. The second kappa shape index (κ2) is 18.9. The Kier molecular flexibility index (Phi) is 16.0. The largest absolute Gasteiger partial charge is 0.469 e. The second-order valence-corrected chi connectivity index (χ2v) is 9.61. The van der Waals surface area contributed by atoms with E-state index in [1.54, 1.807) is 0 Å². The fourth-order valence-corrected chi connectivity index (χ4v) is 4.08. The molecule has 3 unspecified atom stereocenters. The Morgan fingerprint density at radius 3 is 1.39 bits per heavy atom. The summed E-state index contributed by atoms with van der Waals surface area (Å²) < 4.78 is 13.8. The van der Waals surface area contributed by atoms with Crippen molar-refractivity contribution in [1.29, 1.82) is 0 Å². The van der Waals surface area contributed by atoms with Crippen molar-refractivity contribution in [2.24, 2.45) is 17.8 Å². The van der Waals surface area contributed by atoms with E-state index in [0.717, 1.165) is 18.4 Å². The highest BCUT2D eigenvalue weighted by Gasteiger charge is 2.33. The first-order chi connectivity index (χ1) is 19.2. The number of ether oxygens (including phenoxy) is 3. The average Bonchev–Trinajstić information content (AvgIpc) is 3.30. The van der Waals surface area contributed by atoms with E-state index in [4.69, 9.17) is 0 Å². The van der Waals surface area contributed by atoms with Crippen molar-refractivity contribution in [3.63, 3.8) is 0 Å². The number of cyclic esters (lactones) is 2. The summed E-state index contributed by atoms with van der Waals surface area (Å²) in [4.78, 5) is 44.1. The lowest BCUT2D eigenvalue weighted by Crippen LogP contribution is -2.14. The molecule has 0 amide bonds. The van der Waals surface area contributed by atoms with Gasteiger partial charge in [-0.15, -0.1) is 0 Å². The number of methoxy groups -OCH3 is 2. The molecular weight excluding hydrogens is 524 g/mol. The van der Waals surface area contributed by atoms with Crippen molar-refractivity contribution in [2.75, 3.05) is 14.2 Å². The third kappa shape index (κ3) is 13.1. The molecule has 0 aliphatic carbocycles. The highest BCUT2D eigenvalue weighted by Crippen LogP contribution is 2.20. The van der Waals surface area contributed by atoms with Crippen molar-refractivity contribution >= 4 is 23.9 Å². The summed E-state index contributed by atoms with van der Waals surface area (Å²) in [5.41, 5.74) is 3.39. The normalized spacial score (nSPS) is 14.9. The van der Waals surface area contributed by atoms with Crippen LogP contribution in [0.25, 0.3) is 0 Å². The predicted molar refractivity (Wildman–Crippen MR) is 156 cm³/mol. The summed E-state index contributed by atoms with van der Waals surface area (Å²) >= 11 is 0. The highest BCUT2D eigenvalue weighted by atomic mass is 16.6. The highest BCUT2D eigenvalue weighted by molar-refractivity contribution is 5.94. The van der Waals surface area contributed by atoms with Gasteiger partial charge in [0, 0.05) is 0 Å². The summed E-state index contributed by atoms with van der Waals surface area (Å²) in [7, 11) is 2.84. The molecule has 0 aromatic heterocycles. The Morgan fingerprint density at radius 1 is 0.707 bits per heavy atom. The summed E-state index contributed by atoms with van der Waals surface area (Å²) in [6.07, 6.45) is 2.29. The minimum Gasteiger partial charge on any atom is -0.469 e. The van der Waals surface area contributed by atoms with Gasteiger partial charge in [-0.3, -0.25) is 19.2 Å². The van der Waals surface area contributed by atoms with Gasteiger partial charge in [-0.05, 0) is 36.0 Å². The first-order valence-electron chi connectivity index (χ1n) is 13.2. The minimum atomic E-state index is -0.407. The molecule has 1 saturated heterocycles. The maximum atomic E-state index is 11.1. The van der Waals surface area contributed by atoms with Gasteiger partial charge in [0.25, 0.3) is 0 Å². The molecule has 220 valence electrons. The Morgan fingerprint density at radius 2 is 1.07 bits per heavy atom. The van der Waals surface area contributed by atoms with Gasteiger partial charge in [-0.1, -0.05) is 105 Å². The third-order valence-electron chi connectivity index (χ3n) is 6.26. The van der Waals surface area contributed by atoms with Gasteiger partial charge in [-0.2, -0.15) is 0 Å². The Bertz CT molecular complexity index is 1140. The average molecular weight is 565 g/mol. The van der Waals surface area contributed by atoms with Gasteiger partial charge < -0.3 is 19.7 Å². The van der Waals surface area contributed by atoms with Crippen LogP contribution < -0.4 is 0 Å². The molecule has 41 heavy (non-hydrogen) atoms. The number of rotatable bonds is 8. The second-order valence-electron chi connectivity index (χ2n) is 9.61. The van der Waals surface area contributed by atoms with Crippen LogP contribution in [0.2, 0.25) is 0 Å². The maximum absolute atomic E-state index is 11.1. The van der Waals surface area contributed by atoms with Crippen molar-refractivity contribution in [2.45, 2.75) is 39.5 Å². The molecule has 1 heterocycles. The van der Waals surface area contributed by atoms with E-state index in [0.29, 0.717) is 6.42 Å². The molecular formula is C33H40O8. The van der Waals surface area contributed by atoms with E-state index in [-0.39, 0.29) is 47.6 Å². The summed E-state index contributed by atoms with van der Waals surface area (Å²) in [6.45, 7) is 3.75. The molecule has 0 radical (unpaired) electrons. The molecule has 1 aliphatic rings. The van der Waals surface area contributed by atoms with E-state index in [1.165, 1.54) is 25.3 Å². The molecule has 1 aliphatic heterocycles. The van der Waals surface area contributed by atoms with Crippen LogP contribution in [0.5, 0.6) is 0 Å². The van der Waals surface area contributed by atoms with Crippen LogP contribution >= 0.6 is 0 Å². The van der Waals surface area contributed by atoms with Crippen molar-refractivity contribution in [3.05, 3.63) is 108 Å². The van der Waals surface area contributed by atoms with E-state index in [2.05, 4.69) is 14.2 Å². The van der Waals surface area contributed by atoms with Crippen molar-refractivity contribution < 1.29 is 38.9 Å². The van der Waals surface area contributed by atoms with Crippen molar-refractivity contribution in [1.82, 2.24) is 0 Å². The van der Waals surface area contributed by atoms with E-state index < -0.39 is 5.97 Å². The van der Waals surface area contributed by atoms with Crippen LogP contribution in [0.3, 0.4) is 0 Å². The Hall–Kier alpha value is -4.30. The van der Waals surface area contributed by atoms with Gasteiger partial charge >= 0.3 is 23.9 Å². The first kappa shape index (κ1) is 34.7. The maximum Gasteiger partial charge on any atom is 0.317 e. The molecule has 3 aromatic rings. The minimum absolute atomic E-state index is 0. The number of carbonyl (C=O) groups excluding carboxylic acids is 4. The zero-order chi connectivity index (χ0) is 29.3. The first-order valence-corrected chi connectivity index (χ1v) is 13.2. The quantitative estimate of drug-likeness (QED) is 0.223. The zero-order valence-electron chi connectivity index (χ0n) is 24.1. The SMILES string of the molecule is COC(=O)C(C)Cc1ccccc1.COC(=O)C(C)Cc1ccccc1.O.O=C1CC(Cc2ccccc2)C(=O)O1. The van der Waals surface area contributed by atoms with Crippen LogP contribution in [0, 0.1) is 17.8 Å². The molecule has 0 bridgehead atoms. The van der Waals surface area contributed by atoms with Crippen LogP contribution in [0.15, 0.2) is 91.0 Å². The molecule has 4 rings (SSSR count). The molecule has 2 N–H and O–H groups in total. The molecule has 8 heteroatoms. The van der Waals surface area contributed by atoms with Gasteiger partial charge in [0.05, 0.1) is 38.4 Å². The summed E-state index contributed by atoms with van der Waals surface area (Å²) in [5, 5.41) is 0. The fraction of sp³-hybridized carbons (Fsp3) is 0.333. The van der Waals surface area contributed by atoms with E-state index in [1.807, 2.05) is 105 Å². The molecule has 8 nitrogen and oxygen atoms in total. The number of hydrogen-bond donors (Lipinski definition) is 0. The number of benzene rings is 3. The summed E-state index contributed by atoms with van der Waals surface area (Å²) in [6, 6.07) is 29.5. The van der Waals surface area contributed by atoms with Crippen LogP contribution in [-0.2, 0) is 52.7 Å². The van der Waals surface area contributed by atoms with Crippen molar-refractivity contribution in [3.8, 4) is 0 Å². The van der Waals surface area contributed by atoms with Gasteiger partial charge in [0.1, 0.15) is 0 Å². The number of hydrogen-bond acceptors (Lipinski definition) is 7. The standard InChI is InChI=1S/C11H10O3.2C11H14O2.H2O/c12-10-7-9(11(13)14-10)6-8-4-2-1-3-5-8;2*1-9(11(12)13-2)8-10-6-4-3-5-7-10;/h1-5,9H,6-7H2;2*3-7,9H,8H2,1-2H3;1H2. The van der Waals surface area contributed by atoms with E-state index >= 15 is 0 Å². The zero-order valence-corrected chi connectivity index (χ0v) is 24.1. The monoisotopic (exact) mass is 564 g/mol. The van der Waals surface area contributed by atoms with Crippen LogP contribution in [-0.4, -0.2) is 43.6 Å². The molecule has 3 aromatic carbocycles. The van der Waals surface area contributed by atoms with Gasteiger partial charge in [-0.25, -0.2) is 0 Å². The fourth-order valence-electron chi connectivity index (χ4n) is 4.08. The smallest absolute Gasteiger partial charge is 0.317 e. The topological polar surface area (TPSA) is 127 Å². The lowest BCUT2D eigenvalue weighted by atomic mass is 9.98. The van der Waals surface area contributed by atoms with E-state index in [9.17, 15) is 19.2 Å². The molecule has 1 fully saturated rings. The lowest BCUT2D eigenvalue weighted by molar-refractivity contribution is -0.153. The lowest BCUT2D eigenvalue weighted by Gasteiger charge is -2.08. The Balaban J connectivity index is 0.000000304. The molecule has 0 saturated carbocycles. The molecule has 0 spiro atoms.